The topological polar surface area (TPSA) is 92.4 Å². The third-order valence-electron chi connectivity index (χ3n) is 4.42. The molecule has 26 heavy (non-hydrogen) atoms. The van der Waals surface area contributed by atoms with Crippen molar-refractivity contribution in [2.24, 2.45) is 0 Å². The van der Waals surface area contributed by atoms with Gasteiger partial charge in [-0.1, -0.05) is 11.6 Å². The molecule has 1 aromatic carbocycles. The first-order valence-electron chi connectivity index (χ1n) is 8.01. The lowest BCUT2D eigenvalue weighted by Gasteiger charge is -2.17. The molecule has 0 radical (unpaired) electrons. The van der Waals surface area contributed by atoms with E-state index in [9.17, 15) is 10.2 Å². The van der Waals surface area contributed by atoms with Crippen molar-refractivity contribution in [2.75, 3.05) is 5.32 Å². The van der Waals surface area contributed by atoms with E-state index in [-0.39, 0.29) is 0 Å². The summed E-state index contributed by atoms with van der Waals surface area (Å²) in [7, 11) is 0. The molecule has 4 rings (SSSR count). The summed E-state index contributed by atoms with van der Waals surface area (Å²) in [5, 5.41) is 25.0. The minimum Gasteiger partial charge on any atom is -0.388 e. The van der Waals surface area contributed by atoms with Crippen molar-refractivity contribution in [3.63, 3.8) is 0 Å². The molecule has 9 heteroatoms. The van der Waals surface area contributed by atoms with Gasteiger partial charge in [0.1, 0.15) is 30.0 Å². The van der Waals surface area contributed by atoms with Crippen LogP contribution in [0, 0.1) is 3.57 Å². The second-order valence-electron chi connectivity index (χ2n) is 6.15. The minimum atomic E-state index is -1.03. The molecule has 2 aromatic heterocycles. The van der Waals surface area contributed by atoms with Crippen molar-refractivity contribution >= 4 is 56.7 Å². The van der Waals surface area contributed by atoms with E-state index < -0.39 is 24.5 Å². The van der Waals surface area contributed by atoms with Crippen LogP contribution in [0.2, 0.25) is 5.02 Å². The van der Waals surface area contributed by atoms with Crippen molar-refractivity contribution in [3.05, 3.63) is 45.4 Å². The van der Waals surface area contributed by atoms with Crippen LogP contribution in [0.15, 0.2) is 36.8 Å². The number of anilines is 2. The molecule has 3 heterocycles. The average Bonchev–Trinajstić information content (AvgIpc) is 3.09. The van der Waals surface area contributed by atoms with Crippen molar-refractivity contribution in [1.82, 2.24) is 14.5 Å². The minimum absolute atomic E-state index is 0.460. The maximum Gasteiger partial charge on any atom is 0.164 e. The maximum absolute atomic E-state index is 10.3. The Morgan fingerprint density at radius 3 is 2.58 bits per heavy atom. The van der Waals surface area contributed by atoms with Gasteiger partial charge in [-0.25, -0.2) is 9.97 Å². The maximum atomic E-state index is 10.3. The predicted octanol–water partition coefficient (Wildman–Crippen LogP) is 3.07. The standard InChI is InChI=1S/C17H16ClIN4O3/c1-8-13(24)14(25)17(26-8)23-6-11(19)12-15(20-7-21-16(12)23)22-10-4-2-9(18)3-5-10/h2-8,13-14,17,24-25H,1H3,(H,20,21,22)/t8-,13-,14-,17-/m1/s1. The molecule has 1 saturated heterocycles. The number of ether oxygens (including phenoxy) is 1. The highest BCUT2D eigenvalue weighted by molar-refractivity contribution is 14.1. The summed E-state index contributed by atoms with van der Waals surface area (Å²) in [6.45, 7) is 1.73. The number of aromatic nitrogens is 3. The highest BCUT2D eigenvalue weighted by Gasteiger charge is 2.42. The Morgan fingerprint density at radius 2 is 1.92 bits per heavy atom. The van der Waals surface area contributed by atoms with E-state index in [2.05, 4.69) is 37.9 Å². The Labute approximate surface area is 168 Å². The van der Waals surface area contributed by atoms with E-state index in [1.54, 1.807) is 23.6 Å². The molecule has 1 aliphatic rings. The number of rotatable bonds is 3. The van der Waals surface area contributed by atoms with Crippen LogP contribution >= 0.6 is 34.2 Å². The molecule has 0 bridgehead atoms. The molecular formula is C17H16ClIN4O3. The van der Waals surface area contributed by atoms with Gasteiger partial charge in [-0.2, -0.15) is 0 Å². The van der Waals surface area contributed by atoms with Crippen LogP contribution in [0.5, 0.6) is 0 Å². The van der Waals surface area contributed by atoms with E-state index in [0.717, 1.165) is 14.6 Å². The van der Waals surface area contributed by atoms with Gasteiger partial charge in [0.25, 0.3) is 0 Å². The summed E-state index contributed by atoms with van der Waals surface area (Å²) in [5.41, 5.74) is 1.46. The first kappa shape index (κ1) is 17.9. The van der Waals surface area contributed by atoms with Crippen LogP contribution in [-0.2, 0) is 4.74 Å². The molecule has 0 spiro atoms. The monoisotopic (exact) mass is 486 g/mol. The molecule has 4 atom stereocenters. The largest absolute Gasteiger partial charge is 0.388 e. The Balaban J connectivity index is 1.76. The van der Waals surface area contributed by atoms with Crippen molar-refractivity contribution in [1.29, 1.82) is 0 Å². The molecule has 0 aliphatic carbocycles. The van der Waals surface area contributed by atoms with E-state index >= 15 is 0 Å². The Hall–Kier alpha value is -1.46. The first-order valence-corrected chi connectivity index (χ1v) is 9.46. The summed E-state index contributed by atoms with van der Waals surface area (Å²) < 4.78 is 8.37. The summed E-state index contributed by atoms with van der Waals surface area (Å²) in [5.74, 6) is 0.640. The second-order valence-corrected chi connectivity index (χ2v) is 7.75. The summed E-state index contributed by atoms with van der Waals surface area (Å²) in [6, 6.07) is 7.32. The van der Waals surface area contributed by atoms with Gasteiger partial charge in [-0.05, 0) is 53.8 Å². The zero-order valence-electron chi connectivity index (χ0n) is 13.7. The Bertz CT molecular complexity index is 949. The number of aliphatic hydroxyl groups excluding tert-OH is 2. The van der Waals surface area contributed by atoms with Crippen LogP contribution in [0.4, 0.5) is 11.5 Å². The van der Waals surface area contributed by atoms with Crippen LogP contribution in [0.3, 0.4) is 0 Å². The van der Waals surface area contributed by atoms with Crippen molar-refractivity contribution in [2.45, 2.75) is 31.5 Å². The fourth-order valence-corrected chi connectivity index (χ4v) is 3.98. The van der Waals surface area contributed by atoms with E-state index in [1.807, 2.05) is 18.3 Å². The third kappa shape index (κ3) is 3.05. The van der Waals surface area contributed by atoms with Crippen molar-refractivity contribution < 1.29 is 14.9 Å². The number of hydrogen-bond acceptors (Lipinski definition) is 6. The Morgan fingerprint density at radius 1 is 1.19 bits per heavy atom. The molecule has 7 nitrogen and oxygen atoms in total. The zero-order chi connectivity index (χ0) is 18.4. The van der Waals surface area contributed by atoms with Crippen LogP contribution in [0.1, 0.15) is 13.2 Å². The van der Waals surface area contributed by atoms with E-state index in [0.29, 0.717) is 16.5 Å². The molecule has 1 fully saturated rings. The second kappa shape index (κ2) is 6.93. The highest BCUT2D eigenvalue weighted by atomic mass is 127. The van der Waals surface area contributed by atoms with Gasteiger partial charge in [-0.3, -0.25) is 0 Å². The van der Waals surface area contributed by atoms with Gasteiger partial charge in [0.05, 0.1) is 11.5 Å². The van der Waals surface area contributed by atoms with Crippen molar-refractivity contribution in [3.8, 4) is 0 Å². The zero-order valence-corrected chi connectivity index (χ0v) is 16.6. The fourth-order valence-electron chi connectivity index (χ4n) is 3.06. The van der Waals surface area contributed by atoms with Gasteiger partial charge < -0.3 is 24.8 Å². The number of halogens is 2. The smallest absolute Gasteiger partial charge is 0.164 e. The van der Waals surface area contributed by atoms with Crippen LogP contribution in [-0.4, -0.2) is 43.1 Å². The lowest BCUT2D eigenvalue weighted by Crippen LogP contribution is -2.30. The molecule has 0 amide bonds. The van der Waals surface area contributed by atoms with Gasteiger partial charge in [-0.15, -0.1) is 0 Å². The summed E-state index contributed by atoms with van der Waals surface area (Å²) in [6.07, 6.45) is 0.158. The lowest BCUT2D eigenvalue weighted by atomic mass is 10.1. The van der Waals surface area contributed by atoms with Gasteiger partial charge in [0, 0.05) is 20.5 Å². The molecule has 3 N–H and O–H groups in total. The predicted molar refractivity (Wildman–Crippen MR) is 107 cm³/mol. The molecule has 0 unspecified atom stereocenters. The number of nitrogens with zero attached hydrogens (tertiary/aromatic N) is 3. The molecule has 0 saturated carbocycles. The normalized spacial score (nSPS) is 25.7. The van der Waals surface area contributed by atoms with Crippen LogP contribution < -0.4 is 5.32 Å². The van der Waals surface area contributed by atoms with Gasteiger partial charge >= 0.3 is 0 Å². The lowest BCUT2D eigenvalue weighted by molar-refractivity contribution is -0.0297. The van der Waals surface area contributed by atoms with E-state index in [1.165, 1.54) is 6.33 Å². The highest BCUT2D eigenvalue weighted by Crippen LogP contribution is 2.36. The third-order valence-corrected chi connectivity index (χ3v) is 5.49. The molecular weight excluding hydrogens is 471 g/mol. The Kier molecular flexibility index (Phi) is 4.78. The molecule has 3 aromatic rings. The quantitative estimate of drug-likeness (QED) is 0.493. The van der Waals surface area contributed by atoms with Gasteiger partial charge in [0.2, 0.25) is 0 Å². The number of aliphatic hydroxyl groups is 2. The van der Waals surface area contributed by atoms with E-state index in [4.69, 9.17) is 16.3 Å². The number of nitrogens with one attached hydrogen (secondary N) is 1. The summed E-state index contributed by atoms with van der Waals surface area (Å²) >= 11 is 8.13. The molecule has 136 valence electrons. The average molecular weight is 487 g/mol. The number of benzene rings is 1. The fraction of sp³-hybridized carbons (Fsp3) is 0.294. The van der Waals surface area contributed by atoms with Gasteiger partial charge in [0.15, 0.2) is 6.23 Å². The number of fused-ring (bicyclic) bond motifs is 1. The summed E-state index contributed by atoms with van der Waals surface area (Å²) in [4.78, 5) is 8.71. The SMILES string of the molecule is C[C@H]1O[C@@H](n2cc(I)c3c(Nc4ccc(Cl)cc4)ncnc32)[C@H](O)[C@@H]1O. The molecule has 1 aliphatic heterocycles. The first-order chi connectivity index (χ1) is 12.5. The number of hydrogen-bond donors (Lipinski definition) is 3. The van der Waals surface area contributed by atoms with Crippen LogP contribution in [0.25, 0.3) is 11.0 Å².